The van der Waals surface area contributed by atoms with E-state index >= 15 is 0 Å². The number of aromatic nitrogens is 3. The van der Waals surface area contributed by atoms with Gasteiger partial charge in [-0.1, -0.05) is 30.3 Å². The molecule has 5 heteroatoms. The number of aliphatic hydroxyl groups excluding tert-OH is 1. The average Bonchev–Trinajstić information content (AvgIpc) is 2.97. The molecule has 2 aromatic rings. The minimum absolute atomic E-state index is 0.0455. The summed E-state index contributed by atoms with van der Waals surface area (Å²) in [4.78, 5) is 3.95. The van der Waals surface area contributed by atoms with Crippen LogP contribution in [0.4, 0.5) is 0 Å². The van der Waals surface area contributed by atoms with Gasteiger partial charge in [0.15, 0.2) is 0 Å². The number of benzene rings is 1. The van der Waals surface area contributed by atoms with Crippen LogP contribution in [0.5, 0.6) is 0 Å². The van der Waals surface area contributed by atoms with Gasteiger partial charge >= 0.3 is 0 Å². The fourth-order valence-corrected chi connectivity index (χ4v) is 2.48. The SMILES string of the molecule is CC(C)NC(CO)(CCn1cncn1)c1ccccc1. The lowest BCUT2D eigenvalue weighted by Crippen LogP contribution is -2.49. The van der Waals surface area contributed by atoms with Crippen molar-refractivity contribution in [3.63, 3.8) is 0 Å². The van der Waals surface area contributed by atoms with E-state index in [4.69, 9.17) is 0 Å². The van der Waals surface area contributed by atoms with Gasteiger partial charge in [0.1, 0.15) is 12.7 Å². The lowest BCUT2D eigenvalue weighted by Gasteiger charge is -2.35. The normalized spacial score (nSPS) is 14.4. The highest BCUT2D eigenvalue weighted by molar-refractivity contribution is 5.25. The highest BCUT2D eigenvalue weighted by atomic mass is 16.3. The van der Waals surface area contributed by atoms with Crippen LogP contribution in [-0.4, -0.2) is 32.5 Å². The molecule has 1 aromatic heterocycles. The molecular formula is C15H22N4O. The Balaban J connectivity index is 2.22. The zero-order valence-electron chi connectivity index (χ0n) is 12.0. The van der Waals surface area contributed by atoms with Gasteiger partial charge in [-0.15, -0.1) is 0 Å². The van der Waals surface area contributed by atoms with Crippen LogP contribution >= 0.6 is 0 Å². The molecule has 0 saturated carbocycles. The van der Waals surface area contributed by atoms with Crippen molar-refractivity contribution in [3.05, 3.63) is 48.5 Å². The molecule has 2 rings (SSSR count). The molecule has 20 heavy (non-hydrogen) atoms. The number of hydrogen-bond acceptors (Lipinski definition) is 4. The molecule has 0 aliphatic rings. The van der Waals surface area contributed by atoms with Crippen molar-refractivity contribution in [1.29, 1.82) is 0 Å². The van der Waals surface area contributed by atoms with E-state index in [1.807, 2.05) is 30.3 Å². The molecule has 0 radical (unpaired) electrons. The van der Waals surface area contributed by atoms with E-state index in [1.54, 1.807) is 11.0 Å². The fraction of sp³-hybridized carbons (Fsp3) is 0.467. The number of rotatable bonds is 7. The van der Waals surface area contributed by atoms with Crippen LogP contribution in [0.15, 0.2) is 43.0 Å². The van der Waals surface area contributed by atoms with Crippen molar-refractivity contribution in [3.8, 4) is 0 Å². The minimum Gasteiger partial charge on any atom is -0.394 e. The maximum Gasteiger partial charge on any atom is 0.137 e. The second-order valence-electron chi connectivity index (χ2n) is 5.31. The molecular weight excluding hydrogens is 252 g/mol. The molecule has 2 N–H and O–H groups in total. The van der Waals surface area contributed by atoms with Crippen molar-refractivity contribution < 1.29 is 5.11 Å². The number of nitrogens with one attached hydrogen (secondary N) is 1. The van der Waals surface area contributed by atoms with E-state index in [0.717, 1.165) is 12.0 Å². The van der Waals surface area contributed by atoms with Crippen molar-refractivity contribution in [2.24, 2.45) is 0 Å². The summed E-state index contributed by atoms with van der Waals surface area (Å²) in [5, 5.41) is 17.6. The molecule has 1 aromatic carbocycles. The van der Waals surface area contributed by atoms with Crippen LogP contribution in [0.3, 0.4) is 0 Å². The van der Waals surface area contributed by atoms with Crippen LogP contribution in [0.2, 0.25) is 0 Å². The Bertz CT molecular complexity index is 498. The Morgan fingerprint density at radius 1 is 1.30 bits per heavy atom. The highest BCUT2D eigenvalue weighted by Crippen LogP contribution is 2.26. The Kier molecular flexibility index (Phi) is 4.87. The van der Waals surface area contributed by atoms with Crippen LogP contribution in [0, 0.1) is 0 Å². The van der Waals surface area contributed by atoms with Gasteiger partial charge in [-0.25, -0.2) is 4.98 Å². The second kappa shape index (κ2) is 6.63. The predicted molar refractivity (Wildman–Crippen MR) is 78.1 cm³/mol. The van der Waals surface area contributed by atoms with Gasteiger partial charge in [-0.05, 0) is 25.8 Å². The molecule has 0 bridgehead atoms. The molecule has 1 heterocycles. The molecule has 5 nitrogen and oxygen atoms in total. The molecule has 108 valence electrons. The van der Waals surface area contributed by atoms with E-state index in [2.05, 4.69) is 29.2 Å². The van der Waals surface area contributed by atoms with Gasteiger partial charge in [0.05, 0.1) is 12.1 Å². The molecule has 0 spiro atoms. The zero-order valence-corrected chi connectivity index (χ0v) is 12.0. The molecule has 0 aliphatic carbocycles. The Hall–Kier alpha value is -1.72. The van der Waals surface area contributed by atoms with Crippen LogP contribution < -0.4 is 5.32 Å². The third kappa shape index (κ3) is 3.43. The number of hydrogen-bond donors (Lipinski definition) is 2. The quantitative estimate of drug-likeness (QED) is 0.804. The second-order valence-corrected chi connectivity index (χ2v) is 5.31. The van der Waals surface area contributed by atoms with E-state index < -0.39 is 5.54 Å². The summed E-state index contributed by atoms with van der Waals surface area (Å²) < 4.78 is 1.79. The summed E-state index contributed by atoms with van der Waals surface area (Å²) in [5.41, 5.74) is 0.637. The van der Waals surface area contributed by atoms with E-state index in [1.165, 1.54) is 6.33 Å². The molecule has 0 saturated heterocycles. The van der Waals surface area contributed by atoms with Crippen LogP contribution in [0.1, 0.15) is 25.8 Å². The Labute approximate surface area is 119 Å². The molecule has 1 unspecified atom stereocenters. The van der Waals surface area contributed by atoms with Crippen LogP contribution in [-0.2, 0) is 12.1 Å². The van der Waals surface area contributed by atoms with E-state index in [9.17, 15) is 5.11 Å². The largest absolute Gasteiger partial charge is 0.394 e. The van der Waals surface area contributed by atoms with Gasteiger partial charge in [0, 0.05) is 12.6 Å². The zero-order chi connectivity index (χ0) is 14.4. The maximum absolute atomic E-state index is 10.00. The van der Waals surface area contributed by atoms with Crippen molar-refractivity contribution in [2.75, 3.05) is 6.61 Å². The Morgan fingerprint density at radius 3 is 2.60 bits per heavy atom. The predicted octanol–water partition coefficient (Wildman–Crippen LogP) is 1.55. The topological polar surface area (TPSA) is 63.0 Å². The lowest BCUT2D eigenvalue weighted by atomic mass is 9.86. The van der Waals surface area contributed by atoms with Gasteiger partial charge in [0.2, 0.25) is 0 Å². The Morgan fingerprint density at radius 2 is 2.05 bits per heavy atom. The molecule has 0 aliphatic heterocycles. The monoisotopic (exact) mass is 274 g/mol. The first-order valence-electron chi connectivity index (χ1n) is 6.93. The number of aliphatic hydroxyl groups is 1. The van der Waals surface area contributed by atoms with Crippen molar-refractivity contribution in [2.45, 2.75) is 38.4 Å². The average molecular weight is 274 g/mol. The molecule has 0 amide bonds. The summed E-state index contributed by atoms with van der Waals surface area (Å²) in [6, 6.07) is 10.4. The van der Waals surface area contributed by atoms with Gasteiger partial charge < -0.3 is 10.4 Å². The standard InChI is InChI=1S/C15H22N4O/c1-13(2)18-15(10-20,14-6-4-3-5-7-14)8-9-19-12-16-11-17-19/h3-7,11-13,18,20H,8-10H2,1-2H3. The summed E-state index contributed by atoms with van der Waals surface area (Å²) in [5.74, 6) is 0. The van der Waals surface area contributed by atoms with Crippen molar-refractivity contribution >= 4 is 0 Å². The van der Waals surface area contributed by atoms with Gasteiger partial charge in [0.25, 0.3) is 0 Å². The third-order valence-corrected chi connectivity index (χ3v) is 3.40. The van der Waals surface area contributed by atoms with E-state index in [-0.39, 0.29) is 12.6 Å². The third-order valence-electron chi connectivity index (χ3n) is 3.40. The van der Waals surface area contributed by atoms with Gasteiger partial charge in [-0.2, -0.15) is 5.10 Å². The fourth-order valence-electron chi connectivity index (χ4n) is 2.48. The van der Waals surface area contributed by atoms with E-state index in [0.29, 0.717) is 6.54 Å². The highest BCUT2D eigenvalue weighted by Gasteiger charge is 2.31. The summed E-state index contributed by atoms with van der Waals surface area (Å²) in [6.07, 6.45) is 3.97. The van der Waals surface area contributed by atoms with Crippen LogP contribution in [0.25, 0.3) is 0 Å². The number of nitrogens with zero attached hydrogens (tertiary/aromatic N) is 3. The molecule has 0 fully saturated rings. The lowest BCUT2D eigenvalue weighted by molar-refractivity contribution is 0.135. The summed E-state index contributed by atoms with van der Waals surface area (Å²) >= 11 is 0. The summed E-state index contributed by atoms with van der Waals surface area (Å²) in [6.45, 7) is 4.92. The first-order valence-corrected chi connectivity index (χ1v) is 6.93. The maximum atomic E-state index is 10.00. The first kappa shape index (κ1) is 14.7. The van der Waals surface area contributed by atoms with Gasteiger partial charge in [-0.3, -0.25) is 4.68 Å². The first-order chi connectivity index (χ1) is 9.66. The van der Waals surface area contributed by atoms with Crippen molar-refractivity contribution in [1.82, 2.24) is 20.1 Å². The number of aryl methyl sites for hydroxylation is 1. The minimum atomic E-state index is -0.457. The molecule has 1 atom stereocenters. The smallest absolute Gasteiger partial charge is 0.137 e. The summed E-state index contributed by atoms with van der Waals surface area (Å²) in [7, 11) is 0.